The van der Waals surface area contributed by atoms with Gasteiger partial charge in [-0.05, 0) is 59.3 Å². The largest absolute Gasteiger partial charge is 0.345 e. The van der Waals surface area contributed by atoms with Gasteiger partial charge in [-0.1, -0.05) is 37.6 Å². The van der Waals surface area contributed by atoms with E-state index in [1.807, 2.05) is 46.0 Å². The average Bonchev–Trinajstić information content (AvgIpc) is 3.21. The lowest BCUT2D eigenvalue weighted by Gasteiger charge is -2.21. The number of hydrogen-bond acceptors (Lipinski definition) is 3. The molecule has 1 atom stereocenters. The highest BCUT2D eigenvalue weighted by molar-refractivity contribution is 7.08. The van der Waals surface area contributed by atoms with E-state index in [2.05, 4.69) is 19.2 Å². The molecule has 6 heteroatoms. The molecule has 0 fully saturated rings. The molecule has 2 aromatic rings. The maximum atomic E-state index is 12.5. The lowest BCUT2D eigenvalue weighted by Crippen LogP contribution is -2.33. The summed E-state index contributed by atoms with van der Waals surface area (Å²) < 4.78 is 0. The van der Waals surface area contributed by atoms with Crippen molar-refractivity contribution in [3.05, 3.63) is 57.2 Å². The molecule has 1 aromatic heterocycles. The minimum Gasteiger partial charge on any atom is -0.345 e. The molecule has 0 saturated carbocycles. The number of benzene rings is 1. The Kier molecular flexibility index (Phi) is 9.51. The first kappa shape index (κ1) is 22.4. The second-order valence-corrected chi connectivity index (χ2v) is 8.06. The molecule has 1 heterocycles. The second kappa shape index (κ2) is 11.9. The predicted molar refractivity (Wildman–Crippen MR) is 117 cm³/mol. The van der Waals surface area contributed by atoms with Gasteiger partial charge in [0.05, 0.1) is 6.04 Å². The van der Waals surface area contributed by atoms with E-state index in [-0.39, 0.29) is 17.9 Å². The summed E-state index contributed by atoms with van der Waals surface area (Å²) >= 11 is 7.59. The van der Waals surface area contributed by atoms with Crippen LogP contribution in [0.4, 0.5) is 0 Å². The van der Waals surface area contributed by atoms with E-state index in [9.17, 15) is 9.59 Å². The quantitative estimate of drug-likeness (QED) is 0.527. The number of amides is 2. The monoisotopic (exact) mass is 420 g/mol. The summed E-state index contributed by atoms with van der Waals surface area (Å²) in [7, 11) is 0. The molecule has 0 saturated heterocycles. The number of hydrogen-bond donors (Lipinski definition) is 1. The fourth-order valence-corrected chi connectivity index (χ4v) is 3.96. The third kappa shape index (κ3) is 6.95. The SMILES string of the molecule is CCCN(CCC)C(=O)CCCC(=O)NC(c1ccc(Cl)cc1)c1ccsc1. The predicted octanol–water partition coefficient (Wildman–Crippen LogP) is 5.43. The zero-order chi connectivity index (χ0) is 20.4. The smallest absolute Gasteiger partial charge is 0.222 e. The molecule has 152 valence electrons. The van der Waals surface area contributed by atoms with Gasteiger partial charge < -0.3 is 10.2 Å². The van der Waals surface area contributed by atoms with Gasteiger partial charge in [-0.2, -0.15) is 11.3 Å². The maximum Gasteiger partial charge on any atom is 0.222 e. The summed E-state index contributed by atoms with van der Waals surface area (Å²) in [6.45, 7) is 5.72. The fraction of sp³-hybridized carbons (Fsp3) is 0.455. The molecule has 1 aromatic carbocycles. The Hall–Kier alpha value is -1.85. The maximum absolute atomic E-state index is 12.5. The Morgan fingerprint density at radius 2 is 1.71 bits per heavy atom. The standard InChI is InChI=1S/C22H29ClN2O2S/c1-3-13-25(14-4-2)21(27)7-5-6-20(26)24-22(18-12-15-28-16-18)17-8-10-19(23)11-9-17/h8-12,15-16,22H,3-7,13-14H2,1-2H3,(H,24,26). The number of rotatable bonds is 11. The molecule has 0 radical (unpaired) electrons. The van der Waals surface area contributed by atoms with Crippen molar-refractivity contribution in [3.8, 4) is 0 Å². The summed E-state index contributed by atoms with van der Waals surface area (Å²) in [6.07, 6.45) is 3.22. The molecule has 0 bridgehead atoms. The summed E-state index contributed by atoms with van der Waals surface area (Å²) in [5.41, 5.74) is 2.04. The number of halogens is 1. The fourth-order valence-electron chi connectivity index (χ4n) is 3.15. The number of thiophene rings is 1. The molecular formula is C22H29ClN2O2S. The summed E-state index contributed by atoms with van der Waals surface area (Å²) in [5, 5.41) is 7.81. The van der Waals surface area contributed by atoms with Crippen LogP contribution >= 0.6 is 22.9 Å². The van der Waals surface area contributed by atoms with Crippen LogP contribution in [0.25, 0.3) is 0 Å². The lowest BCUT2D eigenvalue weighted by molar-refractivity contribution is -0.131. The second-order valence-electron chi connectivity index (χ2n) is 6.84. The van der Waals surface area contributed by atoms with Gasteiger partial charge in [-0.15, -0.1) is 0 Å². The number of carbonyl (C=O) groups excluding carboxylic acids is 2. The molecule has 2 rings (SSSR count). The van der Waals surface area contributed by atoms with E-state index in [4.69, 9.17) is 11.6 Å². The Morgan fingerprint density at radius 1 is 1.04 bits per heavy atom. The molecule has 0 spiro atoms. The van der Waals surface area contributed by atoms with Crippen molar-refractivity contribution in [2.75, 3.05) is 13.1 Å². The topological polar surface area (TPSA) is 49.4 Å². The molecule has 0 aliphatic heterocycles. The van der Waals surface area contributed by atoms with Crippen LogP contribution < -0.4 is 5.32 Å². The van der Waals surface area contributed by atoms with Crippen LogP contribution in [-0.4, -0.2) is 29.8 Å². The minimum atomic E-state index is -0.205. The summed E-state index contributed by atoms with van der Waals surface area (Å²) in [5.74, 6) is 0.0973. The highest BCUT2D eigenvalue weighted by atomic mass is 35.5. The zero-order valence-electron chi connectivity index (χ0n) is 16.6. The van der Waals surface area contributed by atoms with Gasteiger partial charge in [0, 0.05) is 31.0 Å². The van der Waals surface area contributed by atoms with E-state index < -0.39 is 0 Å². The van der Waals surface area contributed by atoms with E-state index >= 15 is 0 Å². The van der Waals surface area contributed by atoms with E-state index in [0.29, 0.717) is 24.3 Å². The third-order valence-corrected chi connectivity index (χ3v) is 5.47. The first-order chi connectivity index (χ1) is 13.5. The molecule has 0 aliphatic carbocycles. The molecule has 4 nitrogen and oxygen atoms in total. The number of carbonyl (C=O) groups is 2. The van der Waals surface area contributed by atoms with Gasteiger partial charge in [0.1, 0.15) is 0 Å². The number of nitrogens with zero attached hydrogens (tertiary/aromatic N) is 1. The Bertz CT molecular complexity index is 726. The Labute approximate surface area is 176 Å². The minimum absolute atomic E-state index is 0.0449. The molecule has 0 aliphatic rings. The van der Waals surface area contributed by atoms with Crippen LogP contribution in [0.1, 0.15) is 63.1 Å². The van der Waals surface area contributed by atoms with Crippen molar-refractivity contribution in [1.29, 1.82) is 0 Å². The number of nitrogens with one attached hydrogen (secondary N) is 1. The van der Waals surface area contributed by atoms with E-state index in [1.54, 1.807) is 11.3 Å². The highest BCUT2D eigenvalue weighted by Gasteiger charge is 2.18. The van der Waals surface area contributed by atoms with Crippen molar-refractivity contribution in [2.24, 2.45) is 0 Å². The molecule has 1 unspecified atom stereocenters. The van der Waals surface area contributed by atoms with Gasteiger partial charge in [0.25, 0.3) is 0 Å². The van der Waals surface area contributed by atoms with Gasteiger partial charge in [-0.3, -0.25) is 9.59 Å². The molecular weight excluding hydrogens is 392 g/mol. The van der Waals surface area contributed by atoms with Gasteiger partial charge >= 0.3 is 0 Å². The molecule has 1 N–H and O–H groups in total. The van der Waals surface area contributed by atoms with Gasteiger partial charge in [0.2, 0.25) is 11.8 Å². The molecule has 2 amide bonds. The van der Waals surface area contributed by atoms with Crippen molar-refractivity contribution >= 4 is 34.8 Å². The summed E-state index contributed by atoms with van der Waals surface area (Å²) in [6, 6.07) is 9.34. The van der Waals surface area contributed by atoms with Crippen molar-refractivity contribution in [3.63, 3.8) is 0 Å². The highest BCUT2D eigenvalue weighted by Crippen LogP contribution is 2.25. The van der Waals surface area contributed by atoms with Crippen molar-refractivity contribution in [1.82, 2.24) is 10.2 Å². The van der Waals surface area contributed by atoms with Gasteiger partial charge in [-0.25, -0.2) is 0 Å². The lowest BCUT2D eigenvalue weighted by atomic mass is 10.0. The van der Waals surface area contributed by atoms with E-state index in [1.165, 1.54) is 0 Å². The van der Waals surface area contributed by atoms with Crippen molar-refractivity contribution in [2.45, 2.75) is 52.0 Å². The van der Waals surface area contributed by atoms with Crippen molar-refractivity contribution < 1.29 is 9.59 Å². The third-order valence-electron chi connectivity index (χ3n) is 4.52. The Balaban J connectivity index is 1.91. The normalized spacial score (nSPS) is 11.8. The Morgan fingerprint density at radius 3 is 2.29 bits per heavy atom. The van der Waals surface area contributed by atoms with Crippen LogP contribution in [-0.2, 0) is 9.59 Å². The summed E-state index contributed by atoms with van der Waals surface area (Å²) in [4.78, 5) is 26.8. The first-order valence-electron chi connectivity index (χ1n) is 9.89. The van der Waals surface area contributed by atoms with Crippen LogP contribution in [0.5, 0.6) is 0 Å². The van der Waals surface area contributed by atoms with Crippen LogP contribution in [0.3, 0.4) is 0 Å². The van der Waals surface area contributed by atoms with E-state index in [0.717, 1.165) is 37.1 Å². The van der Waals surface area contributed by atoms with Crippen LogP contribution in [0.15, 0.2) is 41.1 Å². The molecule has 28 heavy (non-hydrogen) atoms. The van der Waals surface area contributed by atoms with Crippen LogP contribution in [0.2, 0.25) is 5.02 Å². The first-order valence-corrected chi connectivity index (χ1v) is 11.2. The van der Waals surface area contributed by atoms with Crippen LogP contribution in [0, 0.1) is 0 Å². The zero-order valence-corrected chi connectivity index (χ0v) is 18.2. The average molecular weight is 421 g/mol. The van der Waals surface area contributed by atoms with Gasteiger partial charge in [0.15, 0.2) is 0 Å².